The highest BCUT2D eigenvalue weighted by atomic mass is 16.5. The van der Waals surface area contributed by atoms with E-state index in [1.807, 2.05) is 18.2 Å². The first-order valence-corrected chi connectivity index (χ1v) is 8.69. The van der Waals surface area contributed by atoms with Crippen LogP contribution in [0.4, 0.5) is 0 Å². The first kappa shape index (κ1) is 19.6. The zero-order chi connectivity index (χ0) is 20.3. The van der Waals surface area contributed by atoms with Crippen molar-refractivity contribution < 1.29 is 23.7 Å². The number of hydrogen-bond acceptors (Lipinski definition) is 8. The maximum atomic E-state index is 12.1. The highest BCUT2D eigenvalue weighted by Crippen LogP contribution is 2.35. The van der Waals surface area contributed by atoms with Gasteiger partial charge in [-0.05, 0) is 31.5 Å². The van der Waals surface area contributed by atoms with E-state index in [4.69, 9.17) is 18.9 Å². The molecular weight excluding hydrogens is 364 g/mol. The van der Waals surface area contributed by atoms with Crippen molar-refractivity contribution in [3.8, 4) is 22.6 Å². The van der Waals surface area contributed by atoms with Crippen LogP contribution in [0.5, 0.6) is 11.5 Å². The molecule has 0 bridgehead atoms. The van der Waals surface area contributed by atoms with E-state index in [9.17, 15) is 4.79 Å². The minimum Gasteiger partial charge on any atom is -0.493 e. The van der Waals surface area contributed by atoms with Crippen molar-refractivity contribution in [3.63, 3.8) is 0 Å². The number of esters is 1. The van der Waals surface area contributed by atoms with Crippen LogP contribution in [0.3, 0.4) is 0 Å². The van der Waals surface area contributed by atoms with Crippen LogP contribution in [-0.4, -0.2) is 53.7 Å². The average molecular weight is 386 g/mol. The van der Waals surface area contributed by atoms with Crippen LogP contribution in [-0.2, 0) is 16.1 Å². The van der Waals surface area contributed by atoms with Gasteiger partial charge in [-0.25, -0.2) is 9.31 Å². The van der Waals surface area contributed by atoms with Gasteiger partial charge in [-0.3, -0.25) is 0 Å². The molecule has 0 amide bonds. The molecule has 3 rings (SSSR count). The maximum absolute atomic E-state index is 12.1. The minimum absolute atomic E-state index is 0.125. The molecule has 28 heavy (non-hydrogen) atoms. The molecule has 2 aromatic heterocycles. The highest BCUT2D eigenvalue weighted by Gasteiger charge is 2.23. The molecule has 0 atom stereocenters. The van der Waals surface area contributed by atoms with Gasteiger partial charge in [0, 0.05) is 7.11 Å². The van der Waals surface area contributed by atoms with Gasteiger partial charge < -0.3 is 18.9 Å². The summed E-state index contributed by atoms with van der Waals surface area (Å²) in [5, 5.41) is 12.9. The Bertz CT molecular complexity index is 1020. The van der Waals surface area contributed by atoms with Gasteiger partial charge in [-0.15, -0.1) is 10.2 Å². The molecule has 0 aliphatic rings. The summed E-state index contributed by atoms with van der Waals surface area (Å²) in [6.45, 7) is 4.00. The summed E-state index contributed by atoms with van der Waals surface area (Å²) < 4.78 is 22.6. The van der Waals surface area contributed by atoms with E-state index in [1.165, 1.54) is 0 Å². The van der Waals surface area contributed by atoms with Crippen molar-refractivity contribution in [3.05, 3.63) is 35.3 Å². The van der Waals surface area contributed by atoms with Crippen LogP contribution in [0.2, 0.25) is 0 Å². The first-order chi connectivity index (χ1) is 13.5. The molecule has 0 saturated heterocycles. The fourth-order valence-electron chi connectivity index (χ4n) is 2.96. The van der Waals surface area contributed by atoms with Crippen LogP contribution in [0.15, 0.2) is 18.2 Å². The number of methoxy groups -OCH3 is 3. The molecule has 0 aliphatic carbocycles. The van der Waals surface area contributed by atoms with Crippen molar-refractivity contribution in [2.24, 2.45) is 0 Å². The molecule has 2 heterocycles. The molecule has 9 nitrogen and oxygen atoms in total. The molecule has 1 aromatic carbocycles. The Labute approximate surface area is 162 Å². The first-order valence-electron chi connectivity index (χ1n) is 8.69. The van der Waals surface area contributed by atoms with E-state index in [0.717, 1.165) is 11.1 Å². The predicted octanol–water partition coefficient (Wildman–Crippen LogP) is 2.44. The lowest BCUT2D eigenvalue weighted by atomic mass is 10.1. The summed E-state index contributed by atoms with van der Waals surface area (Å²) in [5.41, 5.74) is 3.39. The van der Waals surface area contributed by atoms with Crippen LogP contribution >= 0.6 is 0 Å². The van der Waals surface area contributed by atoms with E-state index in [-0.39, 0.29) is 18.9 Å². The third-order valence-corrected chi connectivity index (χ3v) is 4.26. The highest BCUT2D eigenvalue weighted by molar-refractivity contribution is 5.89. The lowest BCUT2D eigenvalue weighted by Crippen LogP contribution is -2.14. The van der Waals surface area contributed by atoms with Crippen molar-refractivity contribution in [1.82, 2.24) is 19.8 Å². The zero-order valence-electron chi connectivity index (χ0n) is 16.5. The summed E-state index contributed by atoms with van der Waals surface area (Å²) in [5.74, 6) is 0.657. The Hall–Kier alpha value is -3.20. The number of carbonyl (C=O) groups excluding carboxylic acids is 1. The molecule has 0 radical (unpaired) electrons. The molecular formula is C19H22N4O5. The van der Waals surface area contributed by atoms with E-state index in [0.29, 0.717) is 28.5 Å². The van der Waals surface area contributed by atoms with Gasteiger partial charge in [-0.2, -0.15) is 5.10 Å². The Morgan fingerprint density at radius 3 is 2.50 bits per heavy atom. The van der Waals surface area contributed by atoms with Crippen molar-refractivity contribution >= 4 is 11.6 Å². The van der Waals surface area contributed by atoms with E-state index in [2.05, 4.69) is 15.3 Å². The number of nitrogens with zero attached hydrogens (tertiary/aromatic N) is 4. The van der Waals surface area contributed by atoms with E-state index >= 15 is 0 Å². The smallest absolute Gasteiger partial charge is 0.360 e. The van der Waals surface area contributed by atoms with Crippen LogP contribution in [0, 0.1) is 6.92 Å². The predicted molar refractivity (Wildman–Crippen MR) is 101 cm³/mol. The number of benzene rings is 1. The van der Waals surface area contributed by atoms with Gasteiger partial charge in [0.15, 0.2) is 22.8 Å². The number of rotatable bonds is 7. The molecule has 9 heteroatoms. The van der Waals surface area contributed by atoms with E-state index in [1.54, 1.807) is 39.7 Å². The largest absolute Gasteiger partial charge is 0.493 e. The lowest BCUT2D eigenvalue weighted by molar-refractivity contribution is 0.0516. The number of aromatic nitrogens is 4. The second-order valence-corrected chi connectivity index (χ2v) is 5.91. The van der Waals surface area contributed by atoms with Gasteiger partial charge in [0.2, 0.25) is 0 Å². The van der Waals surface area contributed by atoms with Gasteiger partial charge in [0.05, 0.1) is 44.4 Å². The Kier molecular flexibility index (Phi) is 5.74. The normalized spacial score (nSPS) is 10.9. The molecule has 0 N–H and O–H groups in total. The molecule has 0 spiro atoms. The number of fused-ring (bicyclic) bond motifs is 1. The molecule has 0 aliphatic heterocycles. The topological polar surface area (TPSA) is 97.1 Å². The van der Waals surface area contributed by atoms with Crippen LogP contribution < -0.4 is 9.47 Å². The monoisotopic (exact) mass is 386 g/mol. The Morgan fingerprint density at radius 2 is 1.86 bits per heavy atom. The summed E-state index contributed by atoms with van der Waals surface area (Å²) in [7, 11) is 4.74. The SMILES string of the molecule is CCOC(=O)c1nnc2c(-c3ccc(OC)c(OC)c3)c(COC)nn2c1C. The molecule has 0 fully saturated rings. The fourth-order valence-corrected chi connectivity index (χ4v) is 2.96. The van der Waals surface area contributed by atoms with Crippen molar-refractivity contribution in [2.45, 2.75) is 20.5 Å². The molecule has 0 unspecified atom stereocenters. The summed E-state index contributed by atoms with van der Waals surface area (Å²) in [6.07, 6.45) is 0. The average Bonchev–Trinajstić information content (AvgIpc) is 3.07. The zero-order valence-corrected chi connectivity index (χ0v) is 16.5. The standard InChI is InChI=1S/C19H22N4O5/c1-6-28-19(24)17-11(2)23-18(21-20-17)16(13(22-23)10-25-3)12-7-8-14(26-4)15(9-12)27-5/h7-9H,6,10H2,1-5H3. The number of carbonyl (C=O) groups is 1. The van der Waals surface area contributed by atoms with Crippen molar-refractivity contribution in [1.29, 1.82) is 0 Å². The van der Waals surface area contributed by atoms with Crippen LogP contribution in [0.25, 0.3) is 16.8 Å². The second kappa shape index (κ2) is 8.22. The summed E-state index contributed by atoms with van der Waals surface area (Å²) in [4.78, 5) is 12.1. The van der Waals surface area contributed by atoms with Gasteiger partial charge in [-0.1, -0.05) is 6.07 Å². The second-order valence-electron chi connectivity index (χ2n) is 5.91. The summed E-state index contributed by atoms with van der Waals surface area (Å²) in [6, 6.07) is 5.53. The van der Waals surface area contributed by atoms with Gasteiger partial charge in [0.1, 0.15) is 0 Å². The molecule has 148 valence electrons. The molecule has 0 saturated carbocycles. The number of aryl methyl sites for hydroxylation is 1. The quantitative estimate of drug-likeness (QED) is 0.571. The lowest BCUT2D eigenvalue weighted by Gasteiger charge is -2.10. The maximum Gasteiger partial charge on any atom is 0.360 e. The fraction of sp³-hybridized carbons (Fsp3) is 0.368. The molecule has 3 aromatic rings. The Balaban J connectivity index is 2.23. The van der Waals surface area contributed by atoms with Crippen molar-refractivity contribution in [2.75, 3.05) is 27.9 Å². The van der Waals surface area contributed by atoms with Gasteiger partial charge in [0.25, 0.3) is 0 Å². The summed E-state index contributed by atoms with van der Waals surface area (Å²) >= 11 is 0. The Morgan fingerprint density at radius 1 is 1.11 bits per heavy atom. The number of hydrogen-bond donors (Lipinski definition) is 0. The van der Waals surface area contributed by atoms with Crippen LogP contribution in [0.1, 0.15) is 28.8 Å². The van der Waals surface area contributed by atoms with Gasteiger partial charge >= 0.3 is 5.97 Å². The number of ether oxygens (including phenoxy) is 4. The third-order valence-electron chi connectivity index (χ3n) is 4.26. The van der Waals surface area contributed by atoms with E-state index < -0.39 is 5.97 Å². The minimum atomic E-state index is -0.536. The third kappa shape index (κ3) is 3.36.